The number of hydrogen-bond acceptors (Lipinski definition) is 15. The number of methoxy groups -OCH3 is 2. The molecule has 0 aromatic carbocycles. The molecule has 380 valence electrons. The van der Waals surface area contributed by atoms with Gasteiger partial charge in [0, 0.05) is 58.7 Å². The van der Waals surface area contributed by atoms with Gasteiger partial charge in [-0.3, -0.25) is 9.59 Å². The van der Waals surface area contributed by atoms with Gasteiger partial charge in [-0.15, -0.1) is 0 Å². The van der Waals surface area contributed by atoms with Crippen LogP contribution in [0.2, 0.25) is 0 Å². The second kappa shape index (κ2) is 23.6. The van der Waals surface area contributed by atoms with Gasteiger partial charge < -0.3 is 62.3 Å². The van der Waals surface area contributed by atoms with Crippen LogP contribution in [0.4, 0.5) is 0 Å². The Bertz CT molecular complexity index is 1760. The lowest BCUT2D eigenvalue weighted by Crippen LogP contribution is -2.55. The first-order valence-corrected chi connectivity index (χ1v) is 24.9. The molecule has 0 amide bonds. The molecule has 5 fully saturated rings. The number of allylic oxidation sites excluding steroid dienone is 2. The minimum atomic E-state index is -1.33. The van der Waals surface area contributed by atoms with Crippen molar-refractivity contribution in [2.75, 3.05) is 20.8 Å². The van der Waals surface area contributed by atoms with Gasteiger partial charge in [0.25, 0.3) is 6.47 Å². The van der Waals surface area contributed by atoms with E-state index in [1.165, 1.54) is 0 Å². The number of esters is 1. The molecule has 5 saturated heterocycles. The third-order valence-corrected chi connectivity index (χ3v) is 15.2. The smallest absolute Gasteiger partial charge is 0.309 e. The first kappa shape index (κ1) is 53.8. The van der Waals surface area contributed by atoms with Crippen molar-refractivity contribution in [2.45, 2.75) is 224 Å². The molecule has 0 aromatic heterocycles. The summed E-state index contributed by atoms with van der Waals surface area (Å²) in [5, 5.41) is 22.6. The summed E-state index contributed by atoms with van der Waals surface area (Å²) in [7, 11) is 3.22. The fourth-order valence-electron chi connectivity index (χ4n) is 10.8. The Kier molecular flexibility index (Phi) is 18.9. The molecule has 1 spiro atoms. The average molecular weight is 947 g/mol. The van der Waals surface area contributed by atoms with Crippen molar-refractivity contribution in [1.82, 2.24) is 0 Å². The molecule has 6 rings (SSSR count). The van der Waals surface area contributed by atoms with Crippen molar-refractivity contribution in [3.63, 3.8) is 0 Å². The highest BCUT2D eigenvalue weighted by molar-refractivity contribution is 5.72. The van der Waals surface area contributed by atoms with Crippen LogP contribution in [-0.4, -0.2) is 141 Å². The largest absolute Gasteiger partial charge is 0.464 e. The van der Waals surface area contributed by atoms with Crippen molar-refractivity contribution >= 4 is 12.4 Å². The first-order chi connectivity index (χ1) is 31.8. The second-order valence-corrected chi connectivity index (χ2v) is 20.6. The van der Waals surface area contributed by atoms with Crippen molar-refractivity contribution in [2.24, 2.45) is 23.7 Å². The molecular weight excluding hydrogens is 865 g/mol. The van der Waals surface area contributed by atoms with E-state index in [0.717, 1.165) is 30.4 Å². The third kappa shape index (κ3) is 12.7. The number of carbonyl (C=O) groups is 2. The Labute approximate surface area is 399 Å². The number of carbonyl (C=O) groups excluding carboxylic acids is 2. The monoisotopic (exact) mass is 947 g/mol. The van der Waals surface area contributed by atoms with Gasteiger partial charge in [0.1, 0.15) is 30.0 Å². The maximum absolute atomic E-state index is 12.6. The lowest BCUT2D eigenvalue weighted by Gasteiger charge is -2.50. The summed E-state index contributed by atoms with van der Waals surface area (Å²) in [6.07, 6.45) is 8.59. The van der Waals surface area contributed by atoms with Crippen LogP contribution < -0.4 is 0 Å². The van der Waals surface area contributed by atoms with Crippen LogP contribution in [0, 0.1) is 23.7 Å². The predicted octanol–water partition coefficient (Wildman–Crippen LogP) is 7.20. The Morgan fingerprint density at radius 2 is 1.72 bits per heavy atom. The van der Waals surface area contributed by atoms with Gasteiger partial charge in [-0.25, -0.2) is 0 Å². The summed E-state index contributed by atoms with van der Waals surface area (Å²) in [6, 6.07) is 0. The van der Waals surface area contributed by atoms with Crippen molar-refractivity contribution in [3.8, 4) is 0 Å². The van der Waals surface area contributed by atoms with Gasteiger partial charge in [0.2, 0.25) is 0 Å². The van der Waals surface area contributed by atoms with Crippen LogP contribution in [0.25, 0.3) is 0 Å². The highest BCUT2D eigenvalue weighted by Crippen LogP contribution is 2.46. The van der Waals surface area contributed by atoms with E-state index in [0.29, 0.717) is 62.4 Å². The lowest BCUT2D eigenvalue weighted by molar-refractivity contribution is -0.340. The van der Waals surface area contributed by atoms with Crippen molar-refractivity contribution < 1.29 is 71.9 Å². The predicted molar refractivity (Wildman–Crippen MR) is 248 cm³/mol. The fourth-order valence-corrected chi connectivity index (χ4v) is 10.8. The van der Waals surface area contributed by atoms with Gasteiger partial charge in [-0.1, -0.05) is 78.3 Å². The summed E-state index contributed by atoms with van der Waals surface area (Å²) < 4.78 is 69.0. The standard InChI is InChI=1S/C52H82O15/c1-13-30(4)46-33(7)19-21-51(67-46)26-39(60-28-53)23-38(66-51)18-17-32(6)45(63-43-25-41(58-12)48(36(10)62-43)64-42-24-40(57-11)44(54)35(9)61-42)31(5)15-14-16-37-27-59-49-47(65-50(55)29(2)3)34(8)20-22-52(37,49)56/h14-17,20,28-31,33,35-36,38-49,54,56H,13,18-19,21-27H2,1-12H3/b15-14+,32-17+,37-16+/t30-,31-,33-,35-,36-,38+,39-,40-,41-,42-,43-,44-,45-,46?,47+,48-,49+,51+,52?/m0/s1. The maximum Gasteiger partial charge on any atom is 0.309 e. The SMILES string of the molecule is CC[C@H](C)C1O[C@]2(CC[C@@H]1C)C[C@@H](OC=O)C[C@@H](C/C=C(\C)[C@@H](O[C@H]1C[C@H](OC)[C@@H](O[C@H]3C[C@H](OC)[C@@H](O)[C@H](C)O3)[C@H](C)O1)[C@@H](C)/C=C/C=C1\CO[C@@H]3[C@H](OC(=O)C(C)C)C(C)=CCC13O)O2. The quantitative estimate of drug-likeness (QED) is 0.0801. The molecule has 6 aliphatic rings. The lowest BCUT2D eigenvalue weighted by atomic mass is 9.78. The topological polar surface area (TPSA) is 176 Å². The van der Waals surface area contributed by atoms with E-state index in [-0.39, 0.29) is 42.7 Å². The molecule has 2 unspecified atom stereocenters. The van der Waals surface area contributed by atoms with Gasteiger partial charge >= 0.3 is 5.97 Å². The molecule has 0 radical (unpaired) electrons. The highest BCUT2D eigenvalue weighted by Gasteiger charge is 2.54. The summed E-state index contributed by atoms with van der Waals surface area (Å²) in [4.78, 5) is 24.3. The number of rotatable bonds is 18. The fraction of sp³-hybridized carbons (Fsp3) is 0.808. The van der Waals surface area contributed by atoms with Gasteiger partial charge in [-0.05, 0) is 69.1 Å². The minimum Gasteiger partial charge on any atom is -0.464 e. The normalized spacial score (nSPS) is 41.5. The van der Waals surface area contributed by atoms with Crippen LogP contribution in [-0.2, 0) is 61.7 Å². The molecule has 0 saturated carbocycles. The molecule has 15 heteroatoms. The van der Waals surface area contributed by atoms with Crippen molar-refractivity contribution in [1.29, 1.82) is 0 Å². The summed E-state index contributed by atoms with van der Waals surface area (Å²) in [6.45, 7) is 20.7. The molecule has 19 atom stereocenters. The number of hydrogen-bond donors (Lipinski definition) is 2. The zero-order valence-electron chi connectivity index (χ0n) is 42.1. The van der Waals surface area contributed by atoms with E-state index in [1.807, 2.05) is 45.1 Å². The maximum atomic E-state index is 12.6. The van der Waals surface area contributed by atoms with E-state index in [9.17, 15) is 19.8 Å². The summed E-state index contributed by atoms with van der Waals surface area (Å²) in [5.41, 5.74) is 1.19. The average Bonchev–Trinajstić information content (AvgIpc) is 3.63. The summed E-state index contributed by atoms with van der Waals surface area (Å²) >= 11 is 0. The van der Waals surface area contributed by atoms with Crippen LogP contribution in [0.15, 0.2) is 47.1 Å². The van der Waals surface area contributed by atoms with E-state index < -0.39 is 78.9 Å². The van der Waals surface area contributed by atoms with Crippen LogP contribution in [0.1, 0.15) is 127 Å². The van der Waals surface area contributed by atoms with Crippen LogP contribution >= 0.6 is 0 Å². The van der Waals surface area contributed by atoms with E-state index in [2.05, 4.69) is 33.8 Å². The Balaban J connectivity index is 1.22. The first-order valence-electron chi connectivity index (χ1n) is 24.9. The third-order valence-electron chi connectivity index (χ3n) is 15.2. The second-order valence-electron chi connectivity index (χ2n) is 20.6. The molecule has 5 aliphatic heterocycles. The molecular formula is C52H82O15. The Morgan fingerprint density at radius 3 is 2.40 bits per heavy atom. The van der Waals surface area contributed by atoms with Crippen LogP contribution in [0.5, 0.6) is 0 Å². The molecule has 15 nitrogen and oxygen atoms in total. The van der Waals surface area contributed by atoms with E-state index >= 15 is 0 Å². The van der Waals surface area contributed by atoms with Crippen LogP contribution in [0.3, 0.4) is 0 Å². The number of fused-ring (bicyclic) bond motifs is 1. The number of aliphatic hydroxyl groups is 2. The zero-order valence-corrected chi connectivity index (χ0v) is 42.1. The van der Waals surface area contributed by atoms with E-state index in [1.54, 1.807) is 35.0 Å². The Morgan fingerprint density at radius 1 is 1.00 bits per heavy atom. The molecule has 2 N–H and O–H groups in total. The number of aliphatic hydroxyl groups excluding tert-OH is 1. The summed E-state index contributed by atoms with van der Waals surface area (Å²) in [5.74, 6) is -0.927. The zero-order chi connectivity index (χ0) is 48.8. The molecule has 0 bridgehead atoms. The highest BCUT2D eigenvalue weighted by atomic mass is 16.7. The molecule has 5 heterocycles. The van der Waals surface area contributed by atoms with Gasteiger partial charge in [0.05, 0.1) is 55.3 Å². The Hall–Kier alpha value is -2.54. The number of ether oxygens (including phenoxy) is 11. The molecule has 1 aliphatic carbocycles. The van der Waals surface area contributed by atoms with Crippen molar-refractivity contribution in [3.05, 3.63) is 47.1 Å². The molecule has 67 heavy (non-hydrogen) atoms. The van der Waals surface area contributed by atoms with E-state index in [4.69, 9.17) is 52.1 Å². The van der Waals surface area contributed by atoms with Gasteiger partial charge in [0.15, 0.2) is 24.5 Å². The molecule has 0 aromatic rings. The van der Waals surface area contributed by atoms with Gasteiger partial charge in [-0.2, -0.15) is 0 Å². The minimum absolute atomic E-state index is 0.0460.